The molecule has 2 rings (SSSR count). The van der Waals surface area contributed by atoms with Crippen LogP contribution in [0.4, 0.5) is 0 Å². The predicted molar refractivity (Wildman–Crippen MR) is 92.2 cm³/mol. The first-order chi connectivity index (χ1) is 10.1. The van der Waals surface area contributed by atoms with Gasteiger partial charge in [-0.2, -0.15) is 0 Å². The monoisotopic (exact) mass is 320 g/mol. The number of aliphatic hydroxyl groups is 1. The number of aliphatic hydroxyl groups excluding tert-OH is 1. The van der Waals surface area contributed by atoms with Gasteiger partial charge in [-0.05, 0) is 25.8 Å². The van der Waals surface area contributed by atoms with Crippen molar-refractivity contribution in [3.05, 3.63) is 58.1 Å². The molecule has 3 nitrogen and oxygen atoms in total. The largest absolute Gasteiger partial charge is 0.373 e. The zero-order chi connectivity index (χ0) is 15.2. The van der Waals surface area contributed by atoms with Crippen molar-refractivity contribution in [2.24, 2.45) is 4.99 Å². The van der Waals surface area contributed by atoms with Crippen molar-refractivity contribution in [2.45, 2.75) is 13.2 Å². The van der Waals surface area contributed by atoms with Gasteiger partial charge < -0.3 is 5.11 Å². The summed E-state index contributed by atoms with van der Waals surface area (Å²) in [5.74, 6) is 0. The van der Waals surface area contributed by atoms with E-state index in [4.69, 9.17) is 11.6 Å². The molecule has 0 aliphatic heterocycles. The molecule has 21 heavy (non-hydrogen) atoms. The average Bonchev–Trinajstić information content (AvgIpc) is 2.83. The maximum absolute atomic E-state index is 10.3. The summed E-state index contributed by atoms with van der Waals surface area (Å²) in [6.45, 7) is 5.90. The number of allylic oxidation sites excluding steroid dienone is 2. The molecule has 0 saturated carbocycles. The first-order valence-electron chi connectivity index (χ1n) is 6.50. The Morgan fingerprint density at radius 2 is 2.29 bits per heavy atom. The summed E-state index contributed by atoms with van der Waals surface area (Å²) in [6.07, 6.45) is 4.56. The lowest BCUT2D eigenvalue weighted by atomic mass is 10.2. The van der Waals surface area contributed by atoms with E-state index in [1.807, 2.05) is 43.3 Å². The van der Waals surface area contributed by atoms with Gasteiger partial charge in [0.2, 0.25) is 0 Å². The lowest BCUT2D eigenvalue weighted by molar-refractivity contribution is 0.147. The molecule has 2 aromatic rings. The summed E-state index contributed by atoms with van der Waals surface area (Å²) < 4.78 is 1.07. The Morgan fingerprint density at radius 3 is 3.00 bits per heavy atom. The van der Waals surface area contributed by atoms with Gasteiger partial charge in [-0.25, -0.2) is 0 Å². The maximum Gasteiger partial charge on any atom is 0.142 e. The minimum absolute atomic E-state index is 0.563. The highest BCUT2D eigenvalue weighted by atomic mass is 35.5. The molecule has 0 saturated heterocycles. The van der Waals surface area contributed by atoms with Crippen LogP contribution >= 0.6 is 22.9 Å². The number of thiophene rings is 1. The van der Waals surface area contributed by atoms with Crippen molar-refractivity contribution in [3.63, 3.8) is 0 Å². The van der Waals surface area contributed by atoms with E-state index in [1.165, 1.54) is 11.3 Å². The second-order valence-corrected chi connectivity index (χ2v) is 6.06. The summed E-state index contributed by atoms with van der Waals surface area (Å²) in [5.41, 5.74) is 1.08. The van der Waals surface area contributed by atoms with Gasteiger partial charge >= 0.3 is 0 Å². The van der Waals surface area contributed by atoms with E-state index in [2.05, 4.69) is 17.0 Å². The lowest BCUT2D eigenvalue weighted by Crippen LogP contribution is -2.22. The number of aliphatic imine (C=N–C) groups is 1. The Bertz CT molecular complexity index is 691. The molecule has 0 radical (unpaired) electrons. The quantitative estimate of drug-likeness (QED) is 0.473. The second kappa shape index (κ2) is 7.52. The van der Waals surface area contributed by atoms with Crippen LogP contribution in [0.1, 0.15) is 18.0 Å². The Kier molecular flexibility index (Phi) is 5.70. The van der Waals surface area contributed by atoms with Crippen molar-refractivity contribution >= 4 is 39.7 Å². The molecule has 1 heterocycles. The standard InChI is InChI=1S/C16H17ClN2OS/c1-11(6-5-9-18-2)10-19-16(20)15-14(17)12-7-3-4-8-13(12)21-15/h3-9,16,19-20H,2,10H2,1H3/b9-5-,11-6+. The Hall–Kier alpha value is -1.46. The fourth-order valence-corrected chi connectivity index (χ4v) is 3.38. The second-order valence-electron chi connectivity index (χ2n) is 4.60. The average molecular weight is 321 g/mol. The first kappa shape index (κ1) is 15.9. The van der Waals surface area contributed by atoms with Gasteiger partial charge in [-0.15, -0.1) is 11.3 Å². The van der Waals surface area contributed by atoms with Crippen LogP contribution in [0.3, 0.4) is 0 Å². The fourth-order valence-electron chi connectivity index (χ4n) is 1.89. The van der Waals surface area contributed by atoms with Crippen LogP contribution in [-0.4, -0.2) is 18.4 Å². The van der Waals surface area contributed by atoms with Crippen LogP contribution in [0.25, 0.3) is 10.1 Å². The van der Waals surface area contributed by atoms with Gasteiger partial charge in [-0.3, -0.25) is 10.3 Å². The van der Waals surface area contributed by atoms with Crippen LogP contribution in [0.15, 0.2) is 53.2 Å². The van der Waals surface area contributed by atoms with Gasteiger partial charge in [0.15, 0.2) is 0 Å². The van der Waals surface area contributed by atoms with Crippen LogP contribution in [0, 0.1) is 0 Å². The molecule has 0 bridgehead atoms. The molecule has 0 fully saturated rings. The van der Waals surface area contributed by atoms with E-state index in [-0.39, 0.29) is 0 Å². The number of nitrogens with zero attached hydrogens (tertiary/aromatic N) is 1. The van der Waals surface area contributed by atoms with E-state index < -0.39 is 6.23 Å². The van der Waals surface area contributed by atoms with E-state index in [0.29, 0.717) is 11.6 Å². The molecule has 1 unspecified atom stereocenters. The minimum Gasteiger partial charge on any atom is -0.373 e. The molecule has 1 aromatic carbocycles. The third-order valence-corrected chi connectivity index (χ3v) is 4.70. The highest BCUT2D eigenvalue weighted by Gasteiger charge is 2.16. The van der Waals surface area contributed by atoms with Crippen molar-refractivity contribution < 1.29 is 5.11 Å². The van der Waals surface area contributed by atoms with Crippen molar-refractivity contribution in [2.75, 3.05) is 6.54 Å². The van der Waals surface area contributed by atoms with Crippen molar-refractivity contribution in [1.82, 2.24) is 5.32 Å². The summed E-state index contributed by atoms with van der Waals surface area (Å²) in [6, 6.07) is 7.87. The molecule has 110 valence electrons. The van der Waals surface area contributed by atoms with Crippen LogP contribution < -0.4 is 5.32 Å². The Labute approximate surface area is 133 Å². The SMILES string of the molecule is C=N/C=C\C=C(/C)CNC(O)c1sc2ccccc2c1Cl. The van der Waals surface area contributed by atoms with Crippen molar-refractivity contribution in [3.8, 4) is 0 Å². The number of hydrogen-bond donors (Lipinski definition) is 2. The highest BCUT2D eigenvalue weighted by Crippen LogP contribution is 2.37. The molecule has 1 atom stereocenters. The zero-order valence-electron chi connectivity index (χ0n) is 11.7. The smallest absolute Gasteiger partial charge is 0.142 e. The van der Waals surface area contributed by atoms with Gasteiger partial charge in [0, 0.05) is 22.8 Å². The van der Waals surface area contributed by atoms with Gasteiger partial charge in [0.25, 0.3) is 0 Å². The van der Waals surface area contributed by atoms with Crippen LogP contribution in [-0.2, 0) is 0 Å². The summed E-state index contributed by atoms with van der Waals surface area (Å²) in [4.78, 5) is 4.37. The molecule has 2 N–H and O–H groups in total. The number of benzene rings is 1. The van der Waals surface area contributed by atoms with Crippen LogP contribution in [0.2, 0.25) is 5.02 Å². The van der Waals surface area contributed by atoms with Gasteiger partial charge in [-0.1, -0.05) is 41.4 Å². The molecular weight excluding hydrogens is 304 g/mol. The third-order valence-electron chi connectivity index (χ3n) is 2.95. The lowest BCUT2D eigenvalue weighted by Gasteiger charge is -2.11. The van der Waals surface area contributed by atoms with Crippen molar-refractivity contribution in [1.29, 1.82) is 0 Å². The Morgan fingerprint density at radius 1 is 1.52 bits per heavy atom. The molecular formula is C16H17ClN2OS. The van der Waals surface area contributed by atoms with E-state index >= 15 is 0 Å². The number of fused-ring (bicyclic) bond motifs is 1. The first-order valence-corrected chi connectivity index (χ1v) is 7.69. The predicted octanol–water partition coefficient (Wildman–Crippen LogP) is 4.30. The van der Waals surface area contributed by atoms with Crippen LogP contribution in [0.5, 0.6) is 0 Å². The summed E-state index contributed by atoms with van der Waals surface area (Å²) in [7, 11) is 0. The van der Waals surface area contributed by atoms with E-state index in [1.54, 1.807) is 6.20 Å². The molecule has 1 aromatic heterocycles. The summed E-state index contributed by atoms with van der Waals surface area (Å²) >= 11 is 7.84. The number of hydrogen-bond acceptors (Lipinski definition) is 4. The number of nitrogens with one attached hydrogen (secondary N) is 1. The highest BCUT2D eigenvalue weighted by molar-refractivity contribution is 7.19. The van der Waals surface area contributed by atoms with E-state index in [0.717, 1.165) is 20.5 Å². The normalized spacial score (nSPS) is 14.0. The third kappa shape index (κ3) is 4.02. The fraction of sp³-hybridized carbons (Fsp3) is 0.188. The van der Waals surface area contributed by atoms with Gasteiger partial charge in [0.1, 0.15) is 6.23 Å². The molecule has 0 aliphatic rings. The minimum atomic E-state index is -0.778. The molecule has 0 spiro atoms. The van der Waals surface area contributed by atoms with Gasteiger partial charge in [0.05, 0.1) is 9.90 Å². The number of halogens is 1. The maximum atomic E-state index is 10.3. The molecule has 0 amide bonds. The van der Waals surface area contributed by atoms with E-state index in [9.17, 15) is 5.11 Å². The topological polar surface area (TPSA) is 44.6 Å². The molecule has 5 heteroatoms. The molecule has 0 aliphatic carbocycles. The Balaban J connectivity index is 2.07. The zero-order valence-corrected chi connectivity index (χ0v) is 13.3. The number of rotatable bonds is 6. The summed E-state index contributed by atoms with van der Waals surface area (Å²) in [5, 5.41) is 14.9.